The van der Waals surface area contributed by atoms with Crippen LogP contribution < -0.4 is 5.73 Å². The maximum atomic E-state index is 5.93. The Balaban J connectivity index is 2.69. The molecule has 0 saturated carbocycles. The summed E-state index contributed by atoms with van der Waals surface area (Å²) in [5.41, 5.74) is 9.74. The highest BCUT2D eigenvalue weighted by atomic mass is 15.0. The molecule has 2 N–H and O–H groups in total. The summed E-state index contributed by atoms with van der Waals surface area (Å²) in [5, 5.41) is 1.30. The van der Waals surface area contributed by atoms with Crippen LogP contribution in [0, 0.1) is 6.92 Å². The fourth-order valence-corrected chi connectivity index (χ4v) is 2.34. The molecule has 0 spiro atoms. The highest BCUT2D eigenvalue weighted by Gasteiger charge is 2.09. The van der Waals surface area contributed by atoms with Crippen molar-refractivity contribution in [1.29, 1.82) is 0 Å². The fourth-order valence-electron chi connectivity index (χ4n) is 2.34. The van der Waals surface area contributed by atoms with E-state index in [1.165, 1.54) is 22.2 Å². The molecule has 0 aliphatic carbocycles. The molecule has 0 saturated heterocycles. The number of fused-ring (bicyclic) bond motifs is 1. The largest absolute Gasteiger partial charge is 0.342 e. The fraction of sp³-hybridized carbons (Fsp3) is 0.429. The lowest BCUT2D eigenvalue weighted by Gasteiger charge is -2.13. The molecular formula is C14H20N2. The van der Waals surface area contributed by atoms with Gasteiger partial charge in [0.15, 0.2) is 0 Å². The highest BCUT2D eigenvalue weighted by molar-refractivity contribution is 5.82. The van der Waals surface area contributed by atoms with Gasteiger partial charge in [-0.1, -0.05) is 12.1 Å². The van der Waals surface area contributed by atoms with Crippen LogP contribution in [0.2, 0.25) is 0 Å². The molecule has 0 aliphatic heterocycles. The molecule has 2 aromatic rings. The second-order valence-corrected chi connectivity index (χ2v) is 4.86. The Morgan fingerprint density at radius 3 is 2.38 bits per heavy atom. The zero-order valence-electron chi connectivity index (χ0n) is 10.5. The third kappa shape index (κ3) is 1.74. The zero-order valence-corrected chi connectivity index (χ0v) is 10.5. The Kier molecular flexibility index (Phi) is 2.76. The van der Waals surface area contributed by atoms with Gasteiger partial charge in [0, 0.05) is 23.3 Å². The van der Waals surface area contributed by atoms with Gasteiger partial charge >= 0.3 is 0 Å². The lowest BCUT2D eigenvalue weighted by molar-refractivity contribution is 0.607. The molecule has 1 unspecified atom stereocenters. The first-order chi connectivity index (χ1) is 7.50. The average Bonchev–Trinajstić information content (AvgIpc) is 2.51. The Hall–Kier alpha value is -1.28. The van der Waals surface area contributed by atoms with Gasteiger partial charge in [0.25, 0.3) is 0 Å². The molecule has 0 aliphatic rings. The minimum Gasteiger partial charge on any atom is -0.342 e. The van der Waals surface area contributed by atoms with Crippen LogP contribution >= 0.6 is 0 Å². The summed E-state index contributed by atoms with van der Waals surface area (Å²) in [7, 11) is 0. The summed E-state index contributed by atoms with van der Waals surface area (Å²) < 4.78 is 2.36. The number of benzene rings is 1. The van der Waals surface area contributed by atoms with Crippen LogP contribution in [0.3, 0.4) is 0 Å². The SMILES string of the molecule is Cc1cc2ccc(C(C)N)cc2n1C(C)C. The van der Waals surface area contributed by atoms with Crippen molar-refractivity contribution >= 4 is 10.9 Å². The number of nitrogens with two attached hydrogens (primary N) is 1. The van der Waals surface area contributed by atoms with E-state index in [2.05, 4.69) is 49.6 Å². The van der Waals surface area contributed by atoms with Crippen molar-refractivity contribution in [3.05, 3.63) is 35.5 Å². The normalized spacial score (nSPS) is 13.6. The van der Waals surface area contributed by atoms with Gasteiger partial charge in [0.05, 0.1) is 0 Å². The summed E-state index contributed by atoms with van der Waals surface area (Å²) in [4.78, 5) is 0. The minimum absolute atomic E-state index is 0.0974. The van der Waals surface area contributed by atoms with Crippen LogP contribution in [0.4, 0.5) is 0 Å². The molecular weight excluding hydrogens is 196 g/mol. The van der Waals surface area contributed by atoms with Gasteiger partial charge in [-0.25, -0.2) is 0 Å². The molecule has 1 aromatic carbocycles. The zero-order chi connectivity index (χ0) is 11.9. The van der Waals surface area contributed by atoms with Crippen LogP contribution in [-0.4, -0.2) is 4.57 Å². The first-order valence-corrected chi connectivity index (χ1v) is 5.87. The minimum atomic E-state index is 0.0974. The van der Waals surface area contributed by atoms with E-state index in [0.29, 0.717) is 6.04 Å². The summed E-state index contributed by atoms with van der Waals surface area (Å²) in [6, 6.07) is 9.32. The number of nitrogens with zero attached hydrogens (tertiary/aromatic N) is 1. The van der Waals surface area contributed by atoms with Gasteiger partial charge < -0.3 is 10.3 Å². The summed E-state index contributed by atoms with van der Waals surface area (Å²) in [5.74, 6) is 0. The van der Waals surface area contributed by atoms with Crippen LogP contribution in [0.25, 0.3) is 10.9 Å². The smallest absolute Gasteiger partial charge is 0.0488 e. The lowest BCUT2D eigenvalue weighted by Crippen LogP contribution is -2.06. The quantitative estimate of drug-likeness (QED) is 0.817. The molecule has 16 heavy (non-hydrogen) atoms. The number of aromatic nitrogens is 1. The van der Waals surface area contributed by atoms with Crippen LogP contribution in [0.1, 0.15) is 44.1 Å². The van der Waals surface area contributed by atoms with Crippen molar-refractivity contribution in [1.82, 2.24) is 4.57 Å². The van der Waals surface area contributed by atoms with Gasteiger partial charge in [-0.15, -0.1) is 0 Å². The third-order valence-electron chi connectivity index (χ3n) is 3.10. The van der Waals surface area contributed by atoms with Crippen molar-refractivity contribution in [3.63, 3.8) is 0 Å². The summed E-state index contributed by atoms with van der Waals surface area (Å²) >= 11 is 0. The Labute approximate surface area is 97.1 Å². The highest BCUT2D eigenvalue weighted by Crippen LogP contribution is 2.26. The number of rotatable bonds is 2. The molecule has 86 valence electrons. The summed E-state index contributed by atoms with van der Waals surface area (Å²) in [6.07, 6.45) is 0. The van der Waals surface area contributed by atoms with E-state index in [1.807, 2.05) is 6.92 Å². The van der Waals surface area contributed by atoms with E-state index < -0.39 is 0 Å². The monoisotopic (exact) mass is 216 g/mol. The number of hydrogen-bond donors (Lipinski definition) is 1. The van der Waals surface area contributed by atoms with E-state index in [4.69, 9.17) is 5.73 Å². The first-order valence-electron chi connectivity index (χ1n) is 5.87. The standard InChI is InChI=1S/C14H20N2/c1-9(2)16-10(3)7-13-6-5-12(11(4)15)8-14(13)16/h5-9,11H,15H2,1-4H3. The maximum Gasteiger partial charge on any atom is 0.0488 e. The Bertz CT molecular complexity index is 507. The summed E-state index contributed by atoms with van der Waals surface area (Å²) in [6.45, 7) is 8.61. The number of aryl methyl sites for hydroxylation is 1. The molecule has 2 nitrogen and oxygen atoms in total. The molecule has 0 fully saturated rings. The van der Waals surface area contributed by atoms with Crippen LogP contribution in [-0.2, 0) is 0 Å². The van der Waals surface area contributed by atoms with Gasteiger partial charge in [0.1, 0.15) is 0 Å². The molecule has 0 bridgehead atoms. The molecule has 0 radical (unpaired) electrons. The van der Waals surface area contributed by atoms with Gasteiger partial charge in [0.2, 0.25) is 0 Å². The predicted molar refractivity (Wildman–Crippen MR) is 69.7 cm³/mol. The topological polar surface area (TPSA) is 30.9 Å². The van der Waals surface area contributed by atoms with E-state index in [9.17, 15) is 0 Å². The van der Waals surface area contributed by atoms with E-state index in [1.54, 1.807) is 0 Å². The molecule has 0 amide bonds. The van der Waals surface area contributed by atoms with Gasteiger partial charge in [-0.2, -0.15) is 0 Å². The van der Waals surface area contributed by atoms with Gasteiger partial charge in [-0.3, -0.25) is 0 Å². The predicted octanol–water partition coefficient (Wildman–Crippen LogP) is 3.55. The number of hydrogen-bond acceptors (Lipinski definition) is 1. The van der Waals surface area contributed by atoms with Crippen molar-refractivity contribution in [2.24, 2.45) is 5.73 Å². The Morgan fingerprint density at radius 2 is 1.81 bits per heavy atom. The lowest BCUT2D eigenvalue weighted by atomic mass is 10.1. The van der Waals surface area contributed by atoms with E-state index in [0.717, 1.165) is 0 Å². The second-order valence-electron chi connectivity index (χ2n) is 4.86. The van der Waals surface area contributed by atoms with Crippen molar-refractivity contribution in [2.75, 3.05) is 0 Å². The molecule has 2 rings (SSSR count). The molecule has 1 heterocycles. The van der Waals surface area contributed by atoms with Crippen molar-refractivity contribution in [3.8, 4) is 0 Å². The van der Waals surface area contributed by atoms with Crippen molar-refractivity contribution < 1.29 is 0 Å². The van der Waals surface area contributed by atoms with Crippen LogP contribution in [0.5, 0.6) is 0 Å². The third-order valence-corrected chi connectivity index (χ3v) is 3.10. The van der Waals surface area contributed by atoms with E-state index >= 15 is 0 Å². The van der Waals surface area contributed by atoms with E-state index in [-0.39, 0.29) is 6.04 Å². The Morgan fingerprint density at radius 1 is 1.12 bits per heavy atom. The van der Waals surface area contributed by atoms with Gasteiger partial charge in [-0.05, 0) is 50.8 Å². The molecule has 2 heteroatoms. The average molecular weight is 216 g/mol. The maximum absolute atomic E-state index is 5.93. The second kappa shape index (κ2) is 3.95. The molecule has 1 aromatic heterocycles. The van der Waals surface area contributed by atoms with Crippen LogP contribution in [0.15, 0.2) is 24.3 Å². The van der Waals surface area contributed by atoms with Crippen molar-refractivity contribution in [2.45, 2.75) is 39.8 Å². The first kappa shape index (κ1) is 11.2. The molecule has 1 atom stereocenters.